The zero-order chi connectivity index (χ0) is 19.8. The Labute approximate surface area is 159 Å². The van der Waals surface area contributed by atoms with Gasteiger partial charge in [-0.25, -0.2) is 9.18 Å². The predicted molar refractivity (Wildman–Crippen MR) is 105 cm³/mol. The SMILES string of the molecule is NC(=O)c1ccc(-c2c(C(=O)O)[nH]c3cc(-c4ccc(F)cc4)ccc23)cc1. The molecule has 0 unspecified atom stereocenters. The van der Waals surface area contributed by atoms with E-state index in [0.717, 1.165) is 16.5 Å². The molecule has 4 aromatic rings. The van der Waals surface area contributed by atoms with E-state index in [1.54, 1.807) is 36.4 Å². The first-order chi connectivity index (χ1) is 13.4. The van der Waals surface area contributed by atoms with Crippen LogP contribution in [0.1, 0.15) is 20.8 Å². The molecule has 0 fully saturated rings. The molecule has 0 atom stereocenters. The van der Waals surface area contributed by atoms with Crippen molar-refractivity contribution >= 4 is 22.8 Å². The molecular formula is C22H15FN2O3. The Hall–Kier alpha value is -3.93. The van der Waals surface area contributed by atoms with Crippen LogP contribution in [0.3, 0.4) is 0 Å². The van der Waals surface area contributed by atoms with Crippen molar-refractivity contribution in [3.05, 3.63) is 83.8 Å². The average Bonchev–Trinajstić information content (AvgIpc) is 3.07. The van der Waals surface area contributed by atoms with E-state index in [9.17, 15) is 19.1 Å². The summed E-state index contributed by atoms with van der Waals surface area (Å²) < 4.78 is 13.2. The molecule has 4 rings (SSSR count). The topological polar surface area (TPSA) is 96.2 Å². The maximum Gasteiger partial charge on any atom is 0.352 e. The number of carbonyl (C=O) groups excluding carboxylic acids is 1. The predicted octanol–water partition coefficient (Wildman–Crippen LogP) is 4.44. The van der Waals surface area contributed by atoms with Gasteiger partial charge in [0.1, 0.15) is 11.5 Å². The van der Waals surface area contributed by atoms with Crippen molar-refractivity contribution in [3.8, 4) is 22.3 Å². The van der Waals surface area contributed by atoms with Crippen LogP contribution >= 0.6 is 0 Å². The fraction of sp³-hybridized carbons (Fsp3) is 0. The summed E-state index contributed by atoms with van der Waals surface area (Å²) in [6.07, 6.45) is 0. The number of amides is 1. The minimum absolute atomic E-state index is 0.0538. The summed E-state index contributed by atoms with van der Waals surface area (Å²) in [5.41, 5.74) is 9.16. The van der Waals surface area contributed by atoms with Crippen molar-refractivity contribution in [2.24, 2.45) is 5.73 Å². The zero-order valence-electron chi connectivity index (χ0n) is 14.6. The molecule has 0 spiro atoms. The number of nitrogens with one attached hydrogen (secondary N) is 1. The molecule has 6 heteroatoms. The summed E-state index contributed by atoms with van der Waals surface area (Å²) in [5.74, 6) is -1.96. The Balaban J connectivity index is 1.88. The fourth-order valence-corrected chi connectivity index (χ4v) is 3.28. The van der Waals surface area contributed by atoms with Crippen molar-refractivity contribution in [2.45, 2.75) is 0 Å². The number of aromatic nitrogens is 1. The third-order valence-corrected chi connectivity index (χ3v) is 4.65. The van der Waals surface area contributed by atoms with Gasteiger partial charge in [0.2, 0.25) is 5.91 Å². The number of benzene rings is 3. The molecule has 0 bridgehead atoms. The van der Waals surface area contributed by atoms with E-state index in [1.807, 2.05) is 18.2 Å². The van der Waals surface area contributed by atoms with Gasteiger partial charge < -0.3 is 15.8 Å². The van der Waals surface area contributed by atoms with Crippen molar-refractivity contribution in [3.63, 3.8) is 0 Å². The number of aromatic amines is 1. The van der Waals surface area contributed by atoms with Crippen LogP contribution in [-0.4, -0.2) is 22.0 Å². The van der Waals surface area contributed by atoms with Crippen LogP contribution in [0.4, 0.5) is 4.39 Å². The lowest BCUT2D eigenvalue weighted by Crippen LogP contribution is -2.10. The number of halogens is 1. The second kappa shape index (κ2) is 6.66. The Morgan fingerprint density at radius 2 is 1.46 bits per heavy atom. The lowest BCUT2D eigenvalue weighted by atomic mass is 9.98. The number of hydrogen-bond acceptors (Lipinski definition) is 2. The molecule has 5 nitrogen and oxygen atoms in total. The van der Waals surface area contributed by atoms with Crippen LogP contribution in [0.2, 0.25) is 0 Å². The molecule has 0 saturated carbocycles. The summed E-state index contributed by atoms with van der Waals surface area (Å²) >= 11 is 0. The molecule has 0 aliphatic rings. The Morgan fingerprint density at radius 3 is 2.07 bits per heavy atom. The lowest BCUT2D eigenvalue weighted by Gasteiger charge is -2.05. The molecule has 0 aliphatic carbocycles. The minimum atomic E-state index is -1.09. The highest BCUT2D eigenvalue weighted by atomic mass is 19.1. The number of carbonyl (C=O) groups is 2. The van der Waals surface area contributed by atoms with Gasteiger partial charge in [-0.05, 0) is 47.0 Å². The number of rotatable bonds is 4. The van der Waals surface area contributed by atoms with Crippen molar-refractivity contribution < 1.29 is 19.1 Å². The molecule has 1 aromatic heterocycles. The summed E-state index contributed by atoms with van der Waals surface area (Å²) in [6, 6.07) is 18.1. The van der Waals surface area contributed by atoms with E-state index < -0.39 is 11.9 Å². The lowest BCUT2D eigenvalue weighted by molar-refractivity contribution is 0.0692. The number of carboxylic acids is 1. The average molecular weight is 374 g/mol. The molecule has 3 aromatic carbocycles. The Bertz CT molecular complexity index is 1210. The van der Waals surface area contributed by atoms with Crippen LogP contribution in [0.15, 0.2) is 66.7 Å². The van der Waals surface area contributed by atoms with Crippen LogP contribution in [0.25, 0.3) is 33.2 Å². The van der Waals surface area contributed by atoms with E-state index >= 15 is 0 Å². The van der Waals surface area contributed by atoms with Gasteiger partial charge in [0.05, 0.1) is 0 Å². The van der Waals surface area contributed by atoms with Gasteiger partial charge in [-0.15, -0.1) is 0 Å². The number of hydrogen-bond donors (Lipinski definition) is 3. The highest BCUT2D eigenvalue weighted by molar-refractivity contribution is 6.08. The largest absolute Gasteiger partial charge is 0.477 e. The van der Waals surface area contributed by atoms with Gasteiger partial charge in [0.15, 0.2) is 0 Å². The molecule has 0 radical (unpaired) electrons. The summed E-state index contributed by atoms with van der Waals surface area (Å²) in [4.78, 5) is 26.0. The Kier molecular flexibility index (Phi) is 4.16. The normalized spacial score (nSPS) is 10.9. The van der Waals surface area contributed by atoms with Gasteiger partial charge in [-0.1, -0.05) is 36.4 Å². The maximum absolute atomic E-state index is 13.2. The van der Waals surface area contributed by atoms with E-state index in [4.69, 9.17) is 5.73 Å². The number of carboxylic acid groups (broad SMARTS) is 1. The second-order valence-electron chi connectivity index (χ2n) is 6.39. The number of fused-ring (bicyclic) bond motifs is 1. The second-order valence-corrected chi connectivity index (χ2v) is 6.39. The highest BCUT2D eigenvalue weighted by Gasteiger charge is 2.19. The zero-order valence-corrected chi connectivity index (χ0v) is 14.6. The first-order valence-corrected chi connectivity index (χ1v) is 8.49. The number of aromatic carboxylic acids is 1. The van der Waals surface area contributed by atoms with Gasteiger partial charge in [0, 0.05) is 22.0 Å². The van der Waals surface area contributed by atoms with Crippen LogP contribution in [0.5, 0.6) is 0 Å². The number of H-pyrrole nitrogens is 1. The van der Waals surface area contributed by atoms with Crippen LogP contribution in [0, 0.1) is 5.82 Å². The van der Waals surface area contributed by atoms with E-state index in [2.05, 4.69) is 4.98 Å². The Morgan fingerprint density at radius 1 is 0.857 bits per heavy atom. The molecular weight excluding hydrogens is 359 g/mol. The van der Waals surface area contributed by atoms with Gasteiger partial charge in [-0.3, -0.25) is 4.79 Å². The number of nitrogens with two attached hydrogens (primary N) is 1. The molecule has 28 heavy (non-hydrogen) atoms. The van der Waals surface area contributed by atoms with E-state index in [-0.39, 0.29) is 11.5 Å². The molecule has 1 amide bonds. The van der Waals surface area contributed by atoms with Crippen LogP contribution in [-0.2, 0) is 0 Å². The number of primary amides is 1. The smallest absolute Gasteiger partial charge is 0.352 e. The summed E-state index contributed by atoms with van der Waals surface area (Å²) in [5, 5.41) is 10.4. The quantitative estimate of drug-likeness (QED) is 0.493. The molecule has 4 N–H and O–H groups in total. The standard InChI is InChI=1S/C22H15FN2O3/c23-16-8-5-12(6-9-16)15-7-10-17-18(11-15)25-20(22(27)28)19(17)13-1-3-14(4-2-13)21(24)26/h1-11,25H,(H2,24,26)(H,27,28). The van der Waals surface area contributed by atoms with E-state index in [0.29, 0.717) is 22.2 Å². The summed E-state index contributed by atoms with van der Waals surface area (Å²) in [7, 11) is 0. The summed E-state index contributed by atoms with van der Waals surface area (Å²) in [6.45, 7) is 0. The molecule has 0 aliphatic heterocycles. The first kappa shape index (κ1) is 17.5. The maximum atomic E-state index is 13.2. The first-order valence-electron chi connectivity index (χ1n) is 8.49. The molecule has 1 heterocycles. The fourth-order valence-electron chi connectivity index (χ4n) is 3.28. The minimum Gasteiger partial charge on any atom is -0.477 e. The van der Waals surface area contributed by atoms with Gasteiger partial charge in [-0.2, -0.15) is 0 Å². The highest BCUT2D eigenvalue weighted by Crippen LogP contribution is 2.35. The molecule has 0 saturated heterocycles. The molecule has 138 valence electrons. The third kappa shape index (κ3) is 3.01. The van der Waals surface area contributed by atoms with Gasteiger partial charge in [0.25, 0.3) is 0 Å². The van der Waals surface area contributed by atoms with Crippen LogP contribution < -0.4 is 5.73 Å². The van der Waals surface area contributed by atoms with Crippen molar-refractivity contribution in [1.29, 1.82) is 0 Å². The van der Waals surface area contributed by atoms with Gasteiger partial charge >= 0.3 is 5.97 Å². The third-order valence-electron chi connectivity index (χ3n) is 4.65. The van der Waals surface area contributed by atoms with Crippen molar-refractivity contribution in [1.82, 2.24) is 4.98 Å². The van der Waals surface area contributed by atoms with Crippen molar-refractivity contribution in [2.75, 3.05) is 0 Å². The van der Waals surface area contributed by atoms with E-state index in [1.165, 1.54) is 12.1 Å². The monoisotopic (exact) mass is 374 g/mol.